The van der Waals surface area contributed by atoms with Gasteiger partial charge in [-0.1, -0.05) is 6.07 Å². The van der Waals surface area contributed by atoms with Crippen LogP contribution in [0.5, 0.6) is 5.75 Å². The van der Waals surface area contributed by atoms with Crippen molar-refractivity contribution in [2.24, 2.45) is 5.73 Å². The van der Waals surface area contributed by atoms with E-state index in [4.69, 9.17) is 15.9 Å². The first-order valence-corrected chi connectivity index (χ1v) is 9.92. The van der Waals surface area contributed by atoms with Gasteiger partial charge >= 0.3 is 0 Å². The van der Waals surface area contributed by atoms with Gasteiger partial charge in [-0.25, -0.2) is 4.98 Å². The summed E-state index contributed by atoms with van der Waals surface area (Å²) in [5.74, 6) is 1.67. The molecule has 2 heterocycles. The summed E-state index contributed by atoms with van der Waals surface area (Å²) in [6.45, 7) is 0. The van der Waals surface area contributed by atoms with Gasteiger partial charge in [0, 0.05) is 22.7 Å². The minimum absolute atomic E-state index is 0.0906. The number of nitrogens with one attached hydrogen (secondary N) is 2. The molecular weight excluding hydrogens is 360 g/mol. The largest absolute Gasteiger partial charge is 0.497 e. The molecule has 3 rings (SSSR count). The third kappa shape index (κ3) is 3.55. The molecule has 5 nitrogen and oxygen atoms in total. The van der Waals surface area contributed by atoms with E-state index in [9.17, 15) is 0 Å². The number of nitrogens with two attached hydrogens (primary N) is 1. The van der Waals surface area contributed by atoms with Crippen molar-refractivity contribution in [3.8, 4) is 16.3 Å². The lowest BCUT2D eigenvalue weighted by Gasteiger charge is -2.05. The number of hydrogen-bond acceptors (Lipinski definition) is 7. The van der Waals surface area contributed by atoms with Gasteiger partial charge < -0.3 is 15.8 Å². The number of aromatic nitrogens is 1. The Morgan fingerprint density at radius 1 is 1.38 bits per heavy atom. The second kappa shape index (κ2) is 7.25. The zero-order valence-electron chi connectivity index (χ0n) is 13.1. The Morgan fingerprint density at radius 2 is 2.21 bits per heavy atom. The molecule has 0 aliphatic rings. The van der Waals surface area contributed by atoms with Crippen molar-refractivity contribution >= 4 is 51.8 Å². The van der Waals surface area contributed by atoms with Crippen LogP contribution in [0.1, 0.15) is 4.88 Å². The van der Waals surface area contributed by atoms with E-state index >= 15 is 0 Å². The molecule has 124 valence electrons. The number of nitrogens with zero attached hydrogens (tertiary/aromatic N) is 1. The molecule has 0 saturated heterocycles. The summed E-state index contributed by atoms with van der Waals surface area (Å²) in [5.41, 5.74) is 7.56. The molecule has 2 aromatic heterocycles. The Bertz CT molecular complexity index is 872. The van der Waals surface area contributed by atoms with E-state index in [1.807, 2.05) is 42.0 Å². The maximum Gasteiger partial charge on any atom is 0.142 e. The van der Waals surface area contributed by atoms with Crippen molar-refractivity contribution in [2.75, 3.05) is 18.7 Å². The number of hydrogen-bond donors (Lipinski definition) is 3. The number of methoxy groups -OCH3 is 1. The van der Waals surface area contributed by atoms with Crippen molar-refractivity contribution in [3.63, 3.8) is 0 Å². The summed E-state index contributed by atoms with van der Waals surface area (Å²) in [6, 6.07) is 9.65. The second-order valence-electron chi connectivity index (χ2n) is 4.82. The number of ether oxygens (including phenoxy) is 1. The number of thiophene rings is 1. The molecule has 4 N–H and O–H groups in total. The van der Waals surface area contributed by atoms with Gasteiger partial charge in [0.1, 0.15) is 22.4 Å². The normalized spacial score (nSPS) is 10.6. The van der Waals surface area contributed by atoms with Gasteiger partial charge in [-0.15, -0.1) is 34.4 Å². The van der Waals surface area contributed by atoms with Gasteiger partial charge in [-0.3, -0.25) is 5.41 Å². The van der Waals surface area contributed by atoms with E-state index in [1.165, 1.54) is 11.3 Å². The zero-order chi connectivity index (χ0) is 17.1. The number of nitrogen functional groups attached to an aromatic ring is 1. The fourth-order valence-electron chi connectivity index (χ4n) is 2.11. The number of benzene rings is 1. The van der Waals surface area contributed by atoms with Crippen LogP contribution in [-0.2, 0) is 0 Å². The van der Waals surface area contributed by atoms with Gasteiger partial charge in [-0.2, -0.15) is 0 Å². The summed E-state index contributed by atoms with van der Waals surface area (Å²) in [4.78, 5) is 5.43. The van der Waals surface area contributed by atoms with Crippen LogP contribution in [0.25, 0.3) is 10.6 Å². The Labute approximate surface area is 152 Å². The molecule has 0 aliphatic carbocycles. The average Bonchev–Trinajstić information content (AvgIpc) is 3.21. The van der Waals surface area contributed by atoms with Crippen LogP contribution in [0, 0.1) is 5.41 Å². The average molecular weight is 377 g/mol. The first-order chi connectivity index (χ1) is 11.6. The fourth-order valence-corrected chi connectivity index (χ4v) is 4.74. The van der Waals surface area contributed by atoms with E-state index in [2.05, 4.69) is 10.3 Å². The second-order valence-corrected chi connectivity index (χ2v) is 7.81. The molecule has 0 fully saturated rings. The molecule has 0 aliphatic heterocycles. The highest BCUT2D eigenvalue weighted by molar-refractivity contribution is 8.00. The van der Waals surface area contributed by atoms with Crippen molar-refractivity contribution in [3.05, 3.63) is 40.6 Å². The summed E-state index contributed by atoms with van der Waals surface area (Å²) in [6.07, 6.45) is 2.02. The number of rotatable bonds is 6. The molecule has 0 atom stereocenters. The van der Waals surface area contributed by atoms with Crippen molar-refractivity contribution in [2.45, 2.75) is 4.21 Å². The minimum atomic E-state index is 0.0906. The highest BCUT2D eigenvalue weighted by Gasteiger charge is 2.15. The van der Waals surface area contributed by atoms with Crippen LogP contribution in [0.15, 0.2) is 39.9 Å². The quantitative estimate of drug-likeness (QED) is 0.332. The molecule has 0 unspecified atom stereocenters. The maximum absolute atomic E-state index is 7.61. The van der Waals surface area contributed by atoms with Gasteiger partial charge in [0.2, 0.25) is 0 Å². The predicted molar refractivity (Wildman–Crippen MR) is 105 cm³/mol. The molecule has 8 heteroatoms. The molecule has 0 spiro atoms. The van der Waals surface area contributed by atoms with E-state index in [0.717, 1.165) is 36.9 Å². The van der Waals surface area contributed by atoms with Crippen LogP contribution in [0.2, 0.25) is 0 Å². The first kappa shape index (κ1) is 16.8. The van der Waals surface area contributed by atoms with Gasteiger partial charge in [-0.05, 0) is 24.5 Å². The van der Waals surface area contributed by atoms with Crippen LogP contribution in [0.3, 0.4) is 0 Å². The molecule has 24 heavy (non-hydrogen) atoms. The highest BCUT2D eigenvalue weighted by atomic mass is 32.2. The van der Waals surface area contributed by atoms with E-state index in [-0.39, 0.29) is 5.84 Å². The molecule has 3 aromatic rings. The minimum Gasteiger partial charge on any atom is -0.497 e. The molecule has 0 amide bonds. The van der Waals surface area contributed by atoms with Crippen LogP contribution in [-0.4, -0.2) is 24.2 Å². The van der Waals surface area contributed by atoms with E-state index in [0.29, 0.717) is 0 Å². The smallest absolute Gasteiger partial charge is 0.142 e. The first-order valence-electron chi connectivity index (χ1n) is 7.00. The molecular formula is C16H16N4OS3. The van der Waals surface area contributed by atoms with Gasteiger partial charge in [0.15, 0.2) is 0 Å². The number of amidine groups is 1. The lowest BCUT2D eigenvalue weighted by molar-refractivity contribution is 0.415. The Balaban J connectivity index is 1.86. The van der Waals surface area contributed by atoms with Crippen LogP contribution >= 0.6 is 34.4 Å². The summed E-state index contributed by atoms with van der Waals surface area (Å²) >= 11 is 4.73. The van der Waals surface area contributed by atoms with Crippen molar-refractivity contribution < 1.29 is 4.74 Å². The summed E-state index contributed by atoms with van der Waals surface area (Å²) in [7, 11) is 1.65. The number of anilines is 2. The molecule has 1 aromatic carbocycles. The van der Waals surface area contributed by atoms with Gasteiger partial charge in [0.05, 0.1) is 16.2 Å². The van der Waals surface area contributed by atoms with Crippen molar-refractivity contribution in [1.29, 1.82) is 5.41 Å². The van der Waals surface area contributed by atoms with Crippen LogP contribution < -0.4 is 15.8 Å². The topological polar surface area (TPSA) is 84.0 Å². The molecule has 0 bridgehead atoms. The number of thioether (sulfide) groups is 1. The Kier molecular flexibility index (Phi) is 5.08. The van der Waals surface area contributed by atoms with Crippen molar-refractivity contribution in [1.82, 2.24) is 4.98 Å². The number of thiazole rings is 1. The molecule has 0 saturated carbocycles. The SMILES string of the molecule is COc1cccc(Nc2csc(-c3cc(C(=N)N)sc3SC)n2)c1. The highest BCUT2D eigenvalue weighted by Crippen LogP contribution is 2.39. The Hall–Kier alpha value is -2.03. The lowest BCUT2D eigenvalue weighted by atomic mass is 10.3. The van der Waals surface area contributed by atoms with E-state index < -0.39 is 0 Å². The lowest BCUT2D eigenvalue weighted by Crippen LogP contribution is -2.08. The molecule has 0 radical (unpaired) electrons. The maximum atomic E-state index is 7.61. The zero-order valence-corrected chi connectivity index (χ0v) is 15.6. The third-order valence-electron chi connectivity index (χ3n) is 3.23. The predicted octanol–water partition coefficient (Wildman–Crippen LogP) is 4.63. The van der Waals surface area contributed by atoms with Crippen LogP contribution in [0.4, 0.5) is 11.5 Å². The fraction of sp³-hybridized carbons (Fsp3) is 0.125. The monoisotopic (exact) mass is 376 g/mol. The van der Waals surface area contributed by atoms with E-state index in [1.54, 1.807) is 30.2 Å². The summed E-state index contributed by atoms with van der Waals surface area (Å²) < 4.78 is 6.34. The Morgan fingerprint density at radius 3 is 2.92 bits per heavy atom. The standard InChI is InChI=1S/C16H16N4OS3/c1-21-10-5-3-4-9(6-10)19-13-8-23-15(20-13)11-7-12(14(17)18)24-16(11)22-2/h3-8,19H,1-2H3,(H3,17,18). The summed E-state index contributed by atoms with van der Waals surface area (Å²) in [5, 5.41) is 13.8. The third-order valence-corrected chi connectivity index (χ3v) is 6.40. The van der Waals surface area contributed by atoms with Gasteiger partial charge in [0.25, 0.3) is 0 Å².